The zero-order valence-corrected chi connectivity index (χ0v) is 18.5. The normalized spacial score (nSPS) is 13.3. The molecule has 2 heterocycles. The fraction of sp³-hybridized carbons (Fsp3) is 0.240. The van der Waals surface area contributed by atoms with Crippen molar-refractivity contribution in [3.8, 4) is 28.2 Å². The van der Waals surface area contributed by atoms with Gasteiger partial charge in [-0.05, 0) is 69.0 Å². The topological polar surface area (TPSA) is 118 Å². The first-order valence-electron chi connectivity index (χ1n) is 10.8. The van der Waals surface area contributed by atoms with E-state index in [9.17, 15) is 14.0 Å². The average Bonchev–Trinajstić information content (AvgIpc) is 3.46. The highest BCUT2D eigenvalue weighted by molar-refractivity contribution is 6.12. The summed E-state index contributed by atoms with van der Waals surface area (Å²) in [5.74, 6) is 0.276. The standard InChI is InChI=1S/C25H21FN2O6/c1-12-21(13(2)34-28-12)17-10-20-18(9-19(17)31-11-14-3-4-14)22(24(29)33-25(27)30)23(32-20)15-5-7-16(26)8-6-15/h5-10,14H,3-4,11H2,1-2H3,(H2,27,30). The van der Waals surface area contributed by atoms with Crippen molar-refractivity contribution in [1.29, 1.82) is 0 Å². The number of esters is 1. The minimum absolute atomic E-state index is 0.0120. The molecule has 0 unspecified atom stereocenters. The molecule has 174 valence electrons. The lowest BCUT2D eigenvalue weighted by atomic mass is 9.99. The van der Waals surface area contributed by atoms with Crippen LogP contribution in [0.3, 0.4) is 0 Å². The molecule has 0 bridgehead atoms. The molecule has 0 saturated heterocycles. The fourth-order valence-corrected chi connectivity index (χ4v) is 3.95. The van der Waals surface area contributed by atoms with Crippen molar-refractivity contribution < 1.29 is 32.4 Å². The molecule has 1 fully saturated rings. The van der Waals surface area contributed by atoms with Crippen molar-refractivity contribution in [2.24, 2.45) is 11.7 Å². The van der Waals surface area contributed by atoms with E-state index in [-0.39, 0.29) is 11.3 Å². The Morgan fingerprint density at radius 1 is 1.18 bits per heavy atom. The number of hydrogen-bond acceptors (Lipinski definition) is 7. The summed E-state index contributed by atoms with van der Waals surface area (Å²) in [4.78, 5) is 24.2. The maximum atomic E-state index is 13.5. The monoisotopic (exact) mass is 464 g/mol. The van der Waals surface area contributed by atoms with E-state index in [0.29, 0.717) is 51.8 Å². The third kappa shape index (κ3) is 4.00. The number of aromatic nitrogens is 1. The number of carbonyl (C=O) groups is 2. The molecule has 0 radical (unpaired) electrons. The lowest BCUT2D eigenvalue weighted by molar-refractivity contribution is 0.0640. The lowest BCUT2D eigenvalue weighted by Crippen LogP contribution is -2.18. The van der Waals surface area contributed by atoms with Gasteiger partial charge in [0.1, 0.15) is 34.2 Å². The van der Waals surface area contributed by atoms with Crippen LogP contribution >= 0.6 is 0 Å². The molecule has 4 aromatic rings. The minimum atomic E-state index is -1.25. The first-order chi connectivity index (χ1) is 16.3. The number of aryl methyl sites for hydroxylation is 2. The van der Waals surface area contributed by atoms with Gasteiger partial charge in [-0.2, -0.15) is 0 Å². The Morgan fingerprint density at radius 3 is 2.53 bits per heavy atom. The highest BCUT2D eigenvalue weighted by Crippen LogP contribution is 2.43. The first kappa shape index (κ1) is 21.7. The summed E-state index contributed by atoms with van der Waals surface area (Å²) in [5.41, 5.74) is 7.96. The summed E-state index contributed by atoms with van der Waals surface area (Å²) < 4.78 is 35.7. The van der Waals surface area contributed by atoms with Crippen LogP contribution in [0.1, 0.15) is 34.7 Å². The molecular formula is C25H21FN2O6. The van der Waals surface area contributed by atoms with Gasteiger partial charge < -0.3 is 24.1 Å². The van der Waals surface area contributed by atoms with Crippen LogP contribution in [0.15, 0.2) is 45.3 Å². The number of carbonyl (C=O) groups excluding carboxylic acids is 2. The van der Waals surface area contributed by atoms with Gasteiger partial charge in [-0.25, -0.2) is 14.0 Å². The number of benzene rings is 2. The zero-order chi connectivity index (χ0) is 24.0. The second-order valence-corrected chi connectivity index (χ2v) is 8.32. The molecule has 2 N–H and O–H groups in total. The van der Waals surface area contributed by atoms with Gasteiger partial charge in [-0.3, -0.25) is 0 Å². The van der Waals surface area contributed by atoms with Crippen molar-refractivity contribution in [3.63, 3.8) is 0 Å². The third-order valence-electron chi connectivity index (χ3n) is 5.77. The predicted octanol–water partition coefficient (Wildman–Crippen LogP) is 5.54. The number of nitrogens with zero attached hydrogens (tertiary/aromatic N) is 1. The van der Waals surface area contributed by atoms with Crippen molar-refractivity contribution in [3.05, 3.63) is 59.2 Å². The molecule has 0 spiro atoms. The minimum Gasteiger partial charge on any atom is -0.493 e. The number of furan rings is 1. The summed E-state index contributed by atoms with van der Waals surface area (Å²) in [7, 11) is 0. The highest BCUT2D eigenvalue weighted by Gasteiger charge is 2.29. The van der Waals surface area contributed by atoms with Crippen LogP contribution in [-0.2, 0) is 4.74 Å². The van der Waals surface area contributed by atoms with Gasteiger partial charge >= 0.3 is 12.1 Å². The number of halogens is 1. The van der Waals surface area contributed by atoms with Gasteiger partial charge in [-0.15, -0.1) is 0 Å². The number of rotatable bonds is 6. The molecular weight excluding hydrogens is 443 g/mol. The second kappa shape index (κ2) is 8.33. The molecule has 2 aromatic heterocycles. The quantitative estimate of drug-likeness (QED) is 0.294. The molecule has 1 aliphatic carbocycles. The van der Waals surface area contributed by atoms with E-state index in [4.69, 9.17) is 19.4 Å². The van der Waals surface area contributed by atoms with E-state index in [2.05, 4.69) is 9.89 Å². The van der Waals surface area contributed by atoms with Crippen molar-refractivity contribution in [1.82, 2.24) is 5.16 Å². The van der Waals surface area contributed by atoms with Crippen LogP contribution in [0.2, 0.25) is 0 Å². The van der Waals surface area contributed by atoms with Gasteiger partial charge in [-0.1, -0.05) is 5.16 Å². The van der Waals surface area contributed by atoms with Crippen molar-refractivity contribution >= 4 is 23.0 Å². The SMILES string of the molecule is Cc1noc(C)c1-c1cc2oc(-c3ccc(F)cc3)c(C(=O)OC(N)=O)c2cc1OCC1CC1. The van der Waals surface area contributed by atoms with Crippen LogP contribution in [0.4, 0.5) is 9.18 Å². The van der Waals surface area contributed by atoms with Crippen molar-refractivity contribution in [2.75, 3.05) is 6.61 Å². The first-order valence-corrected chi connectivity index (χ1v) is 10.8. The Bertz CT molecular complexity index is 1400. The van der Waals surface area contributed by atoms with Crippen LogP contribution in [0.25, 0.3) is 33.4 Å². The van der Waals surface area contributed by atoms with E-state index in [1.807, 2.05) is 6.92 Å². The summed E-state index contributed by atoms with van der Waals surface area (Å²) >= 11 is 0. The number of hydrogen-bond donors (Lipinski definition) is 1. The average molecular weight is 464 g/mol. The molecule has 0 atom stereocenters. The maximum Gasteiger partial charge on any atom is 0.412 e. The Hall–Kier alpha value is -4.14. The Labute approximate surface area is 193 Å². The van der Waals surface area contributed by atoms with Gasteiger partial charge in [0.25, 0.3) is 0 Å². The number of ether oxygens (including phenoxy) is 2. The number of fused-ring (bicyclic) bond motifs is 1. The smallest absolute Gasteiger partial charge is 0.412 e. The van der Waals surface area contributed by atoms with Gasteiger partial charge in [0, 0.05) is 16.5 Å². The maximum absolute atomic E-state index is 13.5. The van der Waals surface area contributed by atoms with Crippen LogP contribution in [0, 0.1) is 25.6 Å². The Kier molecular flexibility index (Phi) is 5.31. The Morgan fingerprint density at radius 2 is 1.91 bits per heavy atom. The Balaban J connectivity index is 1.74. The number of primary amides is 1. The molecule has 1 amide bonds. The van der Waals surface area contributed by atoms with E-state index >= 15 is 0 Å². The van der Waals surface area contributed by atoms with Crippen molar-refractivity contribution in [2.45, 2.75) is 26.7 Å². The molecule has 2 aromatic carbocycles. The summed E-state index contributed by atoms with van der Waals surface area (Å²) in [6.07, 6.45) is 0.945. The highest BCUT2D eigenvalue weighted by atomic mass is 19.1. The molecule has 8 nitrogen and oxygen atoms in total. The van der Waals surface area contributed by atoms with E-state index in [1.165, 1.54) is 24.3 Å². The number of nitrogens with two attached hydrogens (primary N) is 1. The summed E-state index contributed by atoms with van der Waals surface area (Å²) in [6, 6.07) is 8.82. The van der Waals surface area contributed by atoms with E-state index in [0.717, 1.165) is 18.4 Å². The molecule has 0 aliphatic heterocycles. The van der Waals surface area contributed by atoms with Crippen LogP contribution < -0.4 is 10.5 Å². The molecule has 1 saturated carbocycles. The zero-order valence-electron chi connectivity index (χ0n) is 18.5. The predicted molar refractivity (Wildman–Crippen MR) is 120 cm³/mol. The third-order valence-corrected chi connectivity index (χ3v) is 5.77. The van der Waals surface area contributed by atoms with E-state index < -0.39 is 17.9 Å². The molecule has 34 heavy (non-hydrogen) atoms. The summed E-state index contributed by atoms with van der Waals surface area (Å²) in [5, 5.41) is 4.41. The van der Waals surface area contributed by atoms with Crippen LogP contribution in [0.5, 0.6) is 5.75 Å². The van der Waals surface area contributed by atoms with Gasteiger partial charge in [0.15, 0.2) is 0 Å². The lowest BCUT2D eigenvalue weighted by Gasteiger charge is -2.12. The van der Waals surface area contributed by atoms with Crippen LogP contribution in [-0.4, -0.2) is 23.8 Å². The second-order valence-electron chi connectivity index (χ2n) is 8.32. The fourth-order valence-electron chi connectivity index (χ4n) is 3.95. The largest absolute Gasteiger partial charge is 0.493 e. The van der Waals surface area contributed by atoms with Gasteiger partial charge in [0.2, 0.25) is 0 Å². The van der Waals surface area contributed by atoms with Gasteiger partial charge in [0.05, 0.1) is 17.9 Å². The molecule has 5 rings (SSSR count). The number of amides is 1. The molecule has 1 aliphatic rings. The molecule has 9 heteroatoms. The van der Waals surface area contributed by atoms with E-state index in [1.54, 1.807) is 19.1 Å². The summed E-state index contributed by atoms with van der Waals surface area (Å²) in [6.45, 7) is 4.14.